The number of hydrogen-bond donors (Lipinski definition) is 1. The van der Waals surface area contributed by atoms with Gasteiger partial charge < -0.3 is 5.32 Å². The molecule has 0 radical (unpaired) electrons. The van der Waals surface area contributed by atoms with Crippen LogP contribution in [-0.4, -0.2) is 13.1 Å². The van der Waals surface area contributed by atoms with Crippen LogP contribution < -0.4 is 5.32 Å². The molecule has 10 heavy (non-hydrogen) atoms. The van der Waals surface area contributed by atoms with Crippen LogP contribution in [0.4, 0.5) is 0 Å². The lowest BCUT2D eigenvalue weighted by atomic mass is 9.79. The average molecular weight is 137 g/mol. The first kappa shape index (κ1) is 6.41. The van der Waals surface area contributed by atoms with Crippen molar-refractivity contribution in [3.8, 4) is 0 Å². The highest BCUT2D eigenvalue weighted by molar-refractivity contribution is 5.04. The molecule has 0 aromatic rings. The zero-order valence-corrected chi connectivity index (χ0v) is 6.40. The summed E-state index contributed by atoms with van der Waals surface area (Å²) in [5.74, 6) is 0. The van der Waals surface area contributed by atoms with Crippen LogP contribution in [0.1, 0.15) is 25.7 Å². The van der Waals surface area contributed by atoms with Gasteiger partial charge in [-0.1, -0.05) is 12.2 Å². The lowest BCUT2D eigenvalue weighted by Gasteiger charge is -2.33. The lowest BCUT2D eigenvalue weighted by molar-refractivity contribution is 0.226. The molecule has 0 bridgehead atoms. The van der Waals surface area contributed by atoms with E-state index < -0.39 is 0 Å². The fraction of sp³-hybridized carbons (Fsp3) is 0.778. The molecule has 1 N–H and O–H groups in total. The second-order valence-electron chi connectivity index (χ2n) is 3.66. The van der Waals surface area contributed by atoms with Gasteiger partial charge >= 0.3 is 0 Å². The molecule has 0 saturated carbocycles. The van der Waals surface area contributed by atoms with Gasteiger partial charge in [-0.2, -0.15) is 0 Å². The first-order valence-corrected chi connectivity index (χ1v) is 4.27. The highest BCUT2D eigenvalue weighted by Crippen LogP contribution is 2.38. The maximum absolute atomic E-state index is 3.48. The van der Waals surface area contributed by atoms with E-state index in [2.05, 4.69) is 17.5 Å². The van der Waals surface area contributed by atoms with Crippen molar-refractivity contribution in [2.24, 2.45) is 5.41 Å². The van der Waals surface area contributed by atoms with Crippen LogP contribution in [0.3, 0.4) is 0 Å². The van der Waals surface area contributed by atoms with E-state index in [4.69, 9.17) is 0 Å². The molecule has 2 rings (SSSR count). The minimum Gasteiger partial charge on any atom is -0.316 e. The second-order valence-corrected chi connectivity index (χ2v) is 3.66. The van der Waals surface area contributed by atoms with Crippen molar-refractivity contribution >= 4 is 0 Å². The van der Waals surface area contributed by atoms with Crippen molar-refractivity contribution in [2.45, 2.75) is 25.7 Å². The van der Waals surface area contributed by atoms with Crippen molar-refractivity contribution < 1.29 is 0 Å². The number of hydrogen-bond acceptors (Lipinski definition) is 1. The summed E-state index contributed by atoms with van der Waals surface area (Å²) in [5, 5.41) is 3.48. The summed E-state index contributed by atoms with van der Waals surface area (Å²) >= 11 is 0. The van der Waals surface area contributed by atoms with Crippen LogP contribution in [0.25, 0.3) is 0 Å². The molecular formula is C9H15N. The number of nitrogens with one attached hydrogen (secondary N) is 1. The monoisotopic (exact) mass is 137 g/mol. The van der Waals surface area contributed by atoms with Crippen molar-refractivity contribution in [1.29, 1.82) is 0 Å². The Morgan fingerprint density at radius 1 is 1.20 bits per heavy atom. The van der Waals surface area contributed by atoms with Crippen LogP contribution in [-0.2, 0) is 0 Å². The summed E-state index contributed by atoms with van der Waals surface area (Å²) in [6.45, 7) is 2.49. The number of allylic oxidation sites excluding steroid dienone is 2. The predicted molar refractivity (Wildman–Crippen MR) is 42.9 cm³/mol. The zero-order valence-electron chi connectivity index (χ0n) is 6.40. The molecule has 1 aliphatic heterocycles. The minimum absolute atomic E-state index is 0.651. The summed E-state index contributed by atoms with van der Waals surface area (Å²) < 4.78 is 0. The molecule has 1 heterocycles. The Bertz CT molecular complexity index is 133. The normalized spacial score (nSPS) is 29.6. The largest absolute Gasteiger partial charge is 0.316 e. The van der Waals surface area contributed by atoms with Gasteiger partial charge in [0, 0.05) is 6.54 Å². The van der Waals surface area contributed by atoms with Gasteiger partial charge in [-0.05, 0) is 37.6 Å². The summed E-state index contributed by atoms with van der Waals surface area (Å²) in [4.78, 5) is 0. The summed E-state index contributed by atoms with van der Waals surface area (Å²) in [7, 11) is 0. The van der Waals surface area contributed by atoms with Gasteiger partial charge in [0.1, 0.15) is 0 Å². The Labute approximate surface area is 62.5 Å². The van der Waals surface area contributed by atoms with E-state index in [9.17, 15) is 0 Å². The molecule has 0 aromatic carbocycles. The SMILES string of the molecule is C1=CCC2(C1)CCCNC2. The number of rotatable bonds is 0. The van der Waals surface area contributed by atoms with Crippen molar-refractivity contribution in [3.05, 3.63) is 12.2 Å². The first-order valence-electron chi connectivity index (χ1n) is 4.27. The van der Waals surface area contributed by atoms with Crippen LogP contribution in [0, 0.1) is 5.41 Å². The van der Waals surface area contributed by atoms with Gasteiger partial charge in [-0.25, -0.2) is 0 Å². The van der Waals surface area contributed by atoms with Gasteiger partial charge in [0.25, 0.3) is 0 Å². The Morgan fingerprint density at radius 2 is 2.00 bits per heavy atom. The van der Waals surface area contributed by atoms with Crippen molar-refractivity contribution in [2.75, 3.05) is 13.1 Å². The highest BCUT2D eigenvalue weighted by atomic mass is 14.9. The smallest absolute Gasteiger partial charge is 0.00138 e. The maximum Gasteiger partial charge on any atom is 0.00138 e. The fourth-order valence-electron chi connectivity index (χ4n) is 2.13. The van der Waals surface area contributed by atoms with E-state index in [0.717, 1.165) is 0 Å². The molecule has 1 fully saturated rings. The molecule has 1 saturated heterocycles. The maximum atomic E-state index is 3.48. The second kappa shape index (κ2) is 2.39. The summed E-state index contributed by atoms with van der Waals surface area (Å²) in [6, 6.07) is 0. The van der Waals surface area contributed by atoms with Crippen molar-refractivity contribution in [1.82, 2.24) is 5.32 Å². The third kappa shape index (κ3) is 0.988. The Kier molecular flexibility index (Phi) is 1.53. The molecule has 1 heteroatoms. The first-order chi connectivity index (χ1) is 4.91. The minimum atomic E-state index is 0.651. The van der Waals surface area contributed by atoms with Gasteiger partial charge in [-0.15, -0.1) is 0 Å². The molecule has 2 aliphatic rings. The van der Waals surface area contributed by atoms with Crippen LogP contribution >= 0.6 is 0 Å². The molecule has 0 unspecified atom stereocenters. The Hall–Kier alpha value is -0.300. The summed E-state index contributed by atoms with van der Waals surface area (Å²) in [6.07, 6.45) is 10.1. The van der Waals surface area contributed by atoms with Crippen LogP contribution in [0.5, 0.6) is 0 Å². The third-order valence-electron chi connectivity index (χ3n) is 2.83. The Morgan fingerprint density at radius 3 is 2.60 bits per heavy atom. The van der Waals surface area contributed by atoms with Crippen LogP contribution in [0.2, 0.25) is 0 Å². The fourth-order valence-corrected chi connectivity index (χ4v) is 2.13. The average Bonchev–Trinajstić information content (AvgIpc) is 2.39. The topological polar surface area (TPSA) is 12.0 Å². The zero-order chi connectivity index (χ0) is 6.86. The molecular weight excluding hydrogens is 122 g/mol. The van der Waals surface area contributed by atoms with Gasteiger partial charge in [0.15, 0.2) is 0 Å². The quantitative estimate of drug-likeness (QED) is 0.501. The molecule has 1 aliphatic carbocycles. The lowest BCUT2D eigenvalue weighted by Crippen LogP contribution is -2.38. The van der Waals surface area contributed by atoms with E-state index in [1.165, 1.54) is 38.8 Å². The van der Waals surface area contributed by atoms with Gasteiger partial charge in [-0.3, -0.25) is 0 Å². The van der Waals surface area contributed by atoms with E-state index in [1.807, 2.05) is 0 Å². The molecule has 0 aromatic heterocycles. The van der Waals surface area contributed by atoms with Gasteiger partial charge in [0.2, 0.25) is 0 Å². The molecule has 1 nitrogen and oxygen atoms in total. The standard InChI is InChI=1S/C9H15N/c1-2-5-9(4-1)6-3-7-10-8-9/h1-2,10H,3-8H2. The van der Waals surface area contributed by atoms with Gasteiger partial charge in [0.05, 0.1) is 0 Å². The molecule has 56 valence electrons. The van der Waals surface area contributed by atoms with Crippen molar-refractivity contribution in [3.63, 3.8) is 0 Å². The highest BCUT2D eigenvalue weighted by Gasteiger charge is 2.31. The van der Waals surface area contributed by atoms with E-state index in [1.54, 1.807) is 0 Å². The molecule has 0 amide bonds. The third-order valence-corrected chi connectivity index (χ3v) is 2.83. The van der Waals surface area contributed by atoms with E-state index in [-0.39, 0.29) is 0 Å². The number of piperidine rings is 1. The van der Waals surface area contributed by atoms with Crippen LogP contribution in [0.15, 0.2) is 12.2 Å². The van der Waals surface area contributed by atoms with E-state index in [0.29, 0.717) is 5.41 Å². The molecule has 0 atom stereocenters. The summed E-state index contributed by atoms with van der Waals surface area (Å²) in [5.41, 5.74) is 0.651. The Balaban J connectivity index is 2.00. The molecule has 1 spiro atoms. The van der Waals surface area contributed by atoms with E-state index >= 15 is 0 Å². The predicted octanol–water partition coefficient (Wildman–Crippen LogP) is 1.71.